The van der Waals surface area contributed by atoms with Crippen LogP contribution in [0.25, 0.3) is 0 Å². The number of rotatable bonds is 1. The number of Topliss-reactive ketones (excluding diaryl/α,β-unsaturated/α-hetero) is 1. The molecule has 0 aliphatic heterocycles. The molecule has 0 bridgehead atoms. The fourth-order valence-electron chi connectivity index (χ4n) is 7.53. The molecule has 0 aromatic rings. The maximum absolute atomic E-state index is 12.2. The van der Waals surface area contributed by atoms with Gasteiger partial charge in [-0.05, 0) is 93.8 Å². The summed E-state index contributed by atoms with van der Waals surface area (Å²) in [6.07, 6.45) is 13.6. The standard InChI is InChI=1S/C25H34O2/c1-16(26)22-7-8-23-21-6-5-18-15-25(27,13-9-17-3-4-17)14-11-19(18)20(21)10-12-24(22,23)2/h5,17,19-23,27H,3-4,6-8,10-12,14-15H2,1-2H3/t19-,20+,21+,22+,23-,24+,25-/m0/s1. The van der Waals surface area contributed by atoms with E-state index in [0.29, 0.717) is 23.5 Å². The van der Waals surface area contributed by atoms with E-state index < -0.39 is 5.60 Å². The summed E-state index contributed by atoms with van der Waals surface area (Å²) in [4.78, 5) is 12.2. The number of carbonyl (C=O) groups is 1. The number of fused-ring (bicyclic) bond motifs is 5. The van der Waals surface area contributed by atoms with Crippen LogP contribution in [0.1, 0.15) is 78.1 Å². The third kappa shape index (κ3) is 2.93. The van der Waals surface area contributed by atoms with Gasteiger partial charge < -0.3 is 5.11 Å². The van der Waals surface area contributed by atoms with E-state index in [4.69, 9.17) is 0 Å². The van der Waals surface area contributed by atoms with Crippen LogP contribution in [0.4, 0.5) is 0 Å². The molecule has 5 aliphatic carbocycles. The average Bonchev–Trinajstić information content (AvgIpc) is 3.39. The van der Waals surface area contributed by atoms with E-state index in [9.17, 15) is 9.90 Å². The number of carbonyl (C=O) groups excluding carboxylic acids is 1. The molecular weight excluding hydrogens is 332 g/mol. The van der Waals surface area contributed by atoms with Crippen LogP contribution >= 0.6 is 0 Å². The van der Waals surface area contributed by atoms with Crippen LogP contribution in [0, 0.1) is 52.8 Å². The highest BCUT2D eigenvalue weighted by Crippen LogP contribution is 2.63. The number of hydrogen-bond donors (Lipinski definition) is 1. The predicted octanol–water partition coefficient (Wildman–Crippen LogP) is 4.91. The predicted molar refractivity (Wildman–Crippen MR) is 107 cm³/mol. The molecule has 2 heteroatoms. The third-order valence-electron chi connectivity index (χ3n) is 9.08. The van der Waals surface area contributed by atoms with E-state index in [0.717, 1.165) is 49.9 Å². The lowest BCUT2D eigenvalue weighted by molar-refractivity contribution is -0.126. The molecule has 5 aliphatic rings. The van der Waals surface area contributed by atoms with Gasteiger partial charge in [-0.25, -0.2) is 0 Å². The molecule has 0 aromatic heterocycles. The van der Waals surface area contributed by atoms with Crippen LogP contribution in [-0.2, 0) is 4.79 Å². The molecule has 0 amide bonds. The van der Waals surface area contributed by atoms with Crippen LogP contribution in [0.2, 0.25) is 0 Å². The largest absolute Gasteiger partial charge is 0.377 e. The van der Waals surface area contributed by atoms with E-state index in [2.05, 4.69) is 24.8 Å². The van der Waals surface area contributed by atoms with Crippen LogP contribution in [-0.4, -0.2) is 16.5 Å². The van der Waals surface area contributed by atoms with Crippen molar-refractivity contribution in [1.82, 2.24) is 0 Å². The van der Waals surface area contributed by atoms with Gasteiger partial charge in [0.05, 0.1) is 0 Å². The molecule has 146 valence electrons. The van der Waals surface area contributed by atoms with Gasteiger partial charge in [-0.3, -0.25) is 4.79 Å². The molecule has 7 atom stereocenters. The molecular formula is C25H34O2. The highest BCUT2D eigenvalue weighted by atomic mass is 16.3. The van der Waals surface area contributed by atoms with Crippen LogP contribution in [0.5, 0.6) is 0 Å². The summed E-state index contributed by atoms with van der Waals surface area (Å²) in [5.74, 6) is 10.7. The van der Waals surface area contributed by atoms with E-state index in [-0.39, 0.29) is 5.41 Å². The molecule has 4 saturated carbocycles. The topological polar surface area (TPSA) is 37.3 Å². The first-order valence-electron chi connectivity index (χ1n) is 11.3. The minimum atomic E-state index is -0.770. The monoisotopic (exact) mass is 366 g/mol. The Morgan fingerprint density at radius 3 is 2.67 bits per heavy atom. The maximum Gasteiger partial charge on any atom is 0.133 e. The number of hydrogen-bond acceptors (Lipinski definition) is 2. The summed E-state index contributed by atoms with van der Waals surface area (Å²) < 4.78 is 0. The molecule has 2 nitrogen and oxygen atoms in total. The second kappa shape index (κ2) is 6.21. The molecule has 1 N–H and O–H groups in total. The molecule has 0 unspecified atom stereocenters. The molecule has 5 rings (SSSR count). The summed E-state index contributed by atoms with van der Waals surface area (Å²) in [7, 11) is 0. The Morgan fingerprint density at radius 2 is 1.93 bits per heavy atom. The van der Waals surface area contributed by atoms with Gasteiger partial charge in [-0.2, -0.15) is 0 Å². The Bertz CT molecular complexity index is 735. The summed E-state index contributed by atoms with van der Waals surface area (Å²) in [5.41, 5.74) is 0.970. The van der Waals surface area contributed by atoms with Crippen molar-refractivity contribution in [3.63, 3.8) is 0 Å². The van der Waals surface area contributed by atoms with Crippen LogP contribution in [0.3, 0.4) is 0 Å². The van der Waals surface area contributed by atoms with Gasteiger partial charge in [0.25, 0.3) is 0 Å². The minimum absolute atomic E-state index is 0.240. The first-order valence-corrected chi connectivity index (χ1v) is 11.3. The Kier molecular flexibility index (Phi) is 4.14. The first-order chi connectivity index (χ1) is 12.9. The molecule has 4 fully saturated rings. The van der Waals surface area contributed by atoms with Crippen molar-refractivity contribution in [2.24, 2.45) is 40.9 Å². The Morgan fingerprint density at radius 1 is 1.11 bits per heavy atom. The highest BCUT2D eigenvalue weighted by Gasteiger charge is 2.57. The summed E-state index contributed by atoms with van der Waals surface area (Å²) >= 11 is 0. The molecule has 0 saturated heterocycles. The van der Waals surface area contributed by atoms with E-state index in [1.54, 1.807) is 0 Å². The number of allylic oxidation sites excluding steroid dienone is 1. The highest BCUT2D eigenvalue weighted by molar-refractivity contribution is 5.79. The minimum Gasteiger partial charge on any atom is -0.377 e. The zero-order valence-corrected chi connectivity index (χ0v) is 17.0. The Hall–Kier alpha value is -1.07. The summed E-state index contributed by atoms with van der Waals surface area (Å²) in [5, 5.41) is 11.0. The second-order valence-corrected chi connectivity index (χ2v) is 10.6. The van der Waals surface area contributed by atoms with E-state index in [1.165, 1.54) is 37.7 Å². The van der Waals surface area contributed by atoms with Gasteiger partial charge in [0.15, 0.2) is 0 Å². The van der Waals surface area contributed by atoms with Gasteiger partial charge in [-0.1, -0.05) is 30.4 Å². The van der Waals surface area contributed by atoms with Crippen molar-refractivity contribution in [2.75, 3.05) is 0 Å². The molecule has 0 heterocycles. The van der Waals surface area contributed by atoms with Crippen LogP contribution in [0.15, 0.2) is 11.6 Å². The maximum atomic E-state index is 12.2. The van der Waals surface area contributed by atoms with Gasteiger partial charge in [0.2, 0.25) is 0 Å². The zero-order chi connectivity index (χ0) is 18.8. The fourth-order valence-corrected chi connectivity index (χ4v) is 7.53. The van der Waals surface area contributed by atoms with Crippen molar-refractivity contribution >= 4 is 5.78 Å². The van der Waals surface area contributed by atoms with Crippen molar-refractivity contribution in [3.8, 4) is 11.8 Å². The normalized spacial score (nSPS) is 48.4. The van der Waals surface area contributed by atoms with Crippen molar-refractivity contribution in [2.45, 2.75) is 83.7 Å². The van der Waals surface area contributed by atoms with Crippen molar-refractivity contribution in [3.05, 3.63) is 11.6 Å². The second-order valence-electron chi connectivity index (χ2n) is 10.6. The zero-order valence-electron chi connectivity index (χ0n) is 17.0. The Labute approximate surface area is 164 Å². The summed E-state index contributed by atoms with van der Waals surface area (Å²) in [6.45, 7) is 4.23. The Balaban J connectivity index is 1.36. The molecule has 0 radical (unpaired) electrons. The lowest BCUT2D eigenvalue weighted by Gasteiger charge is -2.54. The molecule has 0 aromatic carbocycles. The van der Waals surface area contributed by atoms with E-state index >= 15 is 0 Å². The fraction of sp³-hybridized carbons (Fsp3) is 0.800. The quantitative estimate of drug-likeness (QED) is 0.529. The number of aliphatic hydroxyl groups is 1. The lowest BCUT2D eigenvalue weighted by atomic mass is 9.51. The van der Waals surface area contributed by atoms with Crippen LogP contribution < -0.4 is 0 Å². The van der Waals surface area contributed by atoms with Gasteiger partial charge in [0.1, 0.15) is 11.4 Å². The smallest absolute Gasteiger partial charge is 0.133 e. The van der Waals surface area contributed by atoms with Gasteiger partial charge in [0, 0.05) is 18.3 Å². The SMILES string of the molecule is CC(=O)[C@H]1CC[C@H]2[C@@H]3CC=C4C[C@](O)(C#CC5CC5)CC[C@@H]4[C@H]3CC[C@]12C. The lowest BCUT2D eigenvalue weighted by Crippen LogP contribution is -2.48. The molecule has 27 heavy (non-hydrogen) atoms. The van der Waals surface area contributed by atoms with Crippen molar-refractivity contribution in [1.29, 1.82) is 0 Å². The third-order valence-corrected chi connectivity index (χ3v) is 9.08. The first kappa shape index (κ1) is 18.0. The average molecular weight is 367 g/mol. The number of ketones is 1. The summed E-state index contributed by atoms with van der Waals surface area (Å²) in [6, 6.07) is 0. The van der Waals surface area contributed by atoms with E-state index in [1.807, 2.05) is 6.92 Å². The van der Waals surface area contributed by atoms with Gasteiger partial charge >= 0.3 is 0 Å². The molecule has 0 spiro atoms. The van der Waals surface area contributed by atoms with Gasteiger partial charge in [-0.15, -0.1) is 0 Å². The van der Waals surface area contributed by atoms with Crippen molar-refractivity contribution < 1.29 is 9.90 Å².